The minimum absolute atomic E-state index is 0.229. The van der Waals surface area contributed by atoms with Crippen molar-refractivity contribution in [1.82, 2.24) is 10.2 Å². The van der Waals surface area contributed by atoms with Gasteiger partial charge in [0.05, 0.1) is 6.61 Å². The van der Waals surface area contributed by atoms with Crippen LogP contribution in [0.15, 0.2) is 30.3 Å². The van der Waals surface area contributed by atoms with Crippen LogP contribution in [0.2, 0.25) is 0 Å². The molecule has 0 radical (unpaired) electrons. The maximum atomic E-state index is 9.47. The Morgan fingerprint density at radius 2 is 2.06 bits per heavy atom. The molecule has 1 aliphatic rings. The molecule has 3 nitrogen and oxygen atoms in total. The van der Waals surface area contributed by atoms with Gasteiger partial charge in [0.1, 0.15) is 0 Å². The smallest absolute Gasteiger partial charge is 0.0599 e. The predicted octanol–water partition coefficient (Wildman–Crippen LogP) is 1.09. The molecule has 1 fully saturated rings. The largest absolute Gasteiger partial charge is 0.395 e. The summed E-state index contributed by atoms with van der Waals surface area (Å²) in [5.74, 6) is 0.635. The van der Waals surface area contributed by atoms with Crippen LogP contribution in [0.25, 0.3) is 0 Å². The predicted molar refractivity (Wildman–Crippen MR) is 69.8 cm³/mol. The molecule has 2 N–H and O–H groups in total. The Balaban J connectivity index is 2.04. The Kier molecular flexibility index (Phi) is 4.54. The summed E-state index contributed by atoms with van der Waals surface area (Å²) in [5, 5.41) is 12.9. The van der Waals surface area contributed by atoms with E-state index in [1.165, 1.54) is 5.56 Å². The van der Waals surface area contributed by atoms with Gasteiger partial charge < -0.3 is 10.4 Å². The molecule has 0 saturated carbocycles. The van der Waals surface area contributed by atoms with E-state index in [4.69, 9.17) is 0 Å². The summed E-state index contributed by atoms with van der Waals surface area (Å²) in [4.78, 5) is 2.39. The van der Waals surface area contributed by atoms with E-state index < -0.39 is 0 Å². The first-order valence-corrected chi connectivity index (χ1v) is 6.39. The third-order valence-electron chi connectivity index (χ3n) is 3.37. The second-order valence-electron chi connectivity index (χ2n) is 5.01. The zero-order valence-electron chi connectivity index (χ0n) is 10.5. The highest BCUT2D eigenvalue weighted by molar-refractivity contribution is 5.14. The Labute approximate surface area is 103 Å². The van der Waals surface area contributed by atoms with E-state index in [0.717, 1.165) is 26.2 Å². The highest BCUT2D eigenvalue weighted by atomic mass is 16.3. The van der Waals surface area contributed by atoms with E-state index in [1.807, 2.05) is 6.07 Å². The fourth-order valence-electron chi connectivity index (χ4n) is 2.43. The number of hydrogen-bond acceptors (Lipinski definition) is 3. The highest BCUT2D eigenvalue weighted by Gasteiger charge is 2.23. The average molecular weight is 234 g/mol. The Morgan fingerprint density at radius 3 is 2.76 bits per heavy atom. The molecular formula is C14H22N2O. The lowest BCUT2D eigenvalue weighted by molar-refractivity contribution is 0.118. The van der Waals surface area contributed by atoms with Crippen LogP contribution in [0, 0.1) is 5.92 Å². The number of rotatable bonds is 3. The van der Waals surface area contributed by atoms with Gasteiger partial charge in [-0.1, -0.05) is 37.3 Å². The van der Waals surface area contributed by atoms with Crippen LogP contribution < -0.4 is 5.32 Å². The molecule has 1 aromatic rings. The van der Waals surface area contributed by atoms with Crippen LogP contribution in [0.4, 0.5) is 0 Å². The standard InChI is InChI=1S/C14H22N2O/c1-12-7-15-8-14(11-17)16(9-12)10-13-5-3-2-4-6-13/h2-6,12,14-15,17H,7-11H2,1H3. The van der Waals surface area contributed by atoms with Gasteiger partial charge in [-0.05, 0) is 18.0 Å². The Morgan fingerprint density at radius 1 is 1.29 bits per heavy atom. The lowest BCUT2D eigenvalue weighted by Gasteiger charge is -2.29. The minimum Gasteiger partial charge on any atom is -0.395 e. The van der Waals surface area contributed by atoms with Crippen molar-refractivity contribution < 1.29 is 5.11 Å². The number of nitrogens with zero attached hydrogens (tertiary/aromatic N) is 1. The van der Waals surface area contributed by atoms with Crippen molar-refractivity contribution in [2.75, 3.05) is 26.2 Å². The summed E-state index contributed by atoms with van der Waals surface area (Å²) in [6.45, 7) is 6.39. The van der Waals surface area contributed by atoms with Crippen LogP contribution in [-0.2, 0) is 6.54 Å². The molecule has 1 aromatic carbocycles. The summed E-state index contributed by atoms with van der Waals surface area (Å²) >= 11 is 0. The van der Waals surface area contributed by atoms with Gasteiger partial charge in [0, 0.05) is 25.7 Å². The zero-order chi connectivity index (χ0) is 12.1. The number of nitrogens with one attached hydrogen (secondary N) is 1. The summed E-state index contributed by atoms with van der Waals surface area (Å²) in [5.41, 5.74) is 1.32. The molecular weight excluding hydrogens is 212 g/mol. The monoisotopic (exact) mass is 234 g/mol. The van der Waals surface area contributed by atoms with Crippen molar-refractivity contribution in [2.24, 2.45) is 5.92 Å². The van der Waals surface area contributed by atoms with Gasteiger partial charge in [-0.2, -0.15) is 0 Å². The number of hydrogen-bond donors (Lipinski definition) is 2. The molecule has 0 amide bonds. The van der Waals surface area contributed by atoms with Gasteiger partial charge in [-0.15, -0.1) is 0 Å². The first-order chi connectivity index (χ1) is 8.29. The third-order valence-corrected chi connectivity index (χ3v) is 3.37. The van der Waals surface area contributed by atoms with Crippen molar-refractivity contribution in [1.29, 1.82) is 0 Å². The van der Waals surface area contributed by atoms with Crippen molar-refractivity contribution in [3.8, 4) is 0 Å². The maximum Gasteiger partial charge on any atom is 0.0599 e. The van der Waals surface area contributed by atoms with Gasteiger partial charge in [0.25, 0.3) is 0 Å². The first kappa shape index (κ1) is 12.6. The highest BCUT2D eigenvalue weighted by Crippen LogP contribution is 2.13. The molecule has 2 unspecified atom stereocenters. The Bertz CT molecular complexity index is 328. The fourth-order valence-corrected chi connectivity index (χ4v) is 2.43. The van der Waals surface area contributed by atoms with E-state index in [1.54, 1.807) is 0 Å². The summed E-state index contributed by atoms with van der Waals surface area (Å²) in [6, 6.07) is 10.7. The van der Waals surface area contributed by atoms with Gasteiger partial charge in [-0.3, -0.25) is 4.90 Å². The van der Waals surface area contributed by atoms with Crippen LogP contribution in [0.1, 0.15) is 12.5 Å². The van der Waals surface area contributed by atoms with E-state index in [9.17, 15) is 5.11 Å². The molecule has 0 spiro atoms. The van der Waals surface area contributed by atoms with Gasteiger partial charge >= 0.3 is 0 Å². The van der Waals surface area contributed by atoms with Crippen molar-refractivity contribution in [3.63, 3.8) is 0 Å². The van der Waals surface area contributed by atoms with Crippen LogP contribution in [-0.4, -0.2) is 42.3 Å². The second kappa shape index (κ2) is 6.15. The van der Waals surface area contributed by atoms with Crippen molar-refractivity contribution >= 4 is 0 Å². The molecule has 2 rings (SSSR count). The molecule has 2 atom stereocenters. The quantitative estimate of drug-likeness (QED) is 0.822. The lowest BCUT2D eigenvalue weighted by atomic mass is 10.1. The molecule has 3 heteroatoms. The van der Waals surface area contributed by atoms with Crippen LogP contribution >= 0.6 is 0 Å². The van der Waals surface area contributed by atoms with Gasteiger partial charge in [0.2, 0.25) is 0 Å². The molecule has 0 aromatic heterocycles. The first-order valence-electron chi connectivity index (χ1n) is 6.39. The lowest BCUT2D eigenvalue weighted by Crippen LogP contribution is -2.42. The molecule has 0 bridgehead atoms. The van der Waals surface area contributed by atoms with E-state index in [-0.39, 0.29) is 12.6 Å². The van der Waals surface area contributed by atoms with Crippen LogP contribution in [0.3, 0.4) is 0 Å². The maximum absolute atomic E-state index is 9.47. The second-order valence-corrected chi connectivity index (χ2v) is 5.01. The van der Waals surface area contributed by atoms with Gasteiger partial charge in [0.15, 0.2) is 0 Å². The number of benzene rings is 1. The van der Waals surface area contributed by atoms with Crippen molar-refractivity contribution in [2.45, 2.75) is 19.5 Å². The summed E-state index contributed by atoms with van der Waals surface area (Å²) in [6.07, 6.45) is 0. The minimum atomic E-state index is 0.229. The topological polar surface area (TPSA) is 35.5 Å². The van der Waals surface area contributed by atoms with E-state index in [0.29, 0.717) is 5.92 Å². The number of aliphatic hydroxyl groups excluding tert-OH is 1. The SMILES string of the molecule is CC1CNCC(CO)N(Cc2ccccc2)C1. The molecule has 94 valence electrons. The van der Waals surface area contributed by atoms with E-state index in [2.05, 4.69) is 41.4 Å². The molecule has 1 saturated heterocycles. The zero-order valence-corrected chi connectivity index (χ0v) is 10.5. The van der Waals surface area contributed by atoms with Crippen LogP contribution in [0.5, 0.6) is 0 Å². The Hall–Kier alpha value is -0.900. The molecule has 1 heterocycles. The summed E-state index contributed by atoms with van der Waals surface area (Å²) < 4.78 is 0. The molecule has 1 aliphatic heterocycles. The average Bonchev–Trinajstić information content (AvgIpc) is 2.52. The van der Waals surface area contributed by atoms with Gasteiger partial charge in [-0.25, -0.2) is 0 Å². The molecule has 0 aliphatic carbocycles. The van der Waals surface area contributed by atoms with E-state index >= 15 is 0 Å². The summed E-state index contributed by atoms with van der Waals surface area (Å²) in [7, 11) is 0. The molecule has 17 heavy (non-hydrogen) atoms. The fraction of sp³-hybridized carbons (Fsp3) is 0.571. The normalized spacial score (nSPS) is 26.7. The van der Waals surface area contributed by atoms with Crippen molar-refractivity contribution in [3.05, 3.63) is 35.9 Å². The third kappa shape index (κ3) is 3.53. The number of aliphatic hydroxyl groups is 1.